The molecular weight excluding hydrogens is 232 g/mol. The van der Waals surface area contributed by atoms with Crippen LogP contribution in [0.15, 0.2) is 12.1 Å². The smallest absolute Gasteiger partial charge is 0.338 e. The van der Waals surface area contributed by atoms with Crippen molar-refractivity contribution in [1.29, 1.82) is 0 Å². The maximum atomic E-state index is 11.5. The Morgan fingerprint density at radius 2 is 2.17 bits per heavy atom. The lowest BCUT2D eigenvalue weighted by molar-refractivity contribution is -0.122. The predicted octanol–water partition coefficient (Wildman–Crippen LogP) is 0.426. The molecule has 0 saturated carbocycles. The van der Waals surface area contributed by atoms with Crippen molar-refractivity contribution in [3.63, 3.8) is 0 Å². The van der Waals surface area contributed by atoms with Gasteiger partial charge in [0.2, 0.25) is 5.91 Å². The summed E-state index contributed by atoms with van der Waals surface area (Å²) in [6.07, 6.45) is 0. The number of hydrogen-bond acceptors (Lipinski definition) is 4. The number of piperazine rings is 1. The van der Waals surface area contributed by atoms with Gasteiger partial charge in [-0.25, -0.2) is 4.79 Å². The first kappa shape index (κ1) is 11.2. The van der Waals surface area contributed by atoms with E-state index in [2.05, 4.69) is 10.6 Å². The van der Waals surface area contributed by atoms with Gasteiger partial charge in [-0.3, -0.25) is 4.79 Å². The van der Waals surface area contributed by atoms with Gasteiger partial charge in [0.15, 0.2) is 0 Å². The molecule has 18 heavy (non-hydrogen) atoms. The first-order valence-corrected chi connectivity index (χ1v) is 5.96. The number of rotatable bonds is 1. The monoisotopic (exact) mass is 246 g/mol. The number of nitrogens with one attached hydrogen (secondary N) is 2. The molecule has 1 aromatic rings. The Hall–Kier alpha value is -1.88. The zero-order valence-corrected chi connectivity index (χ0v) is 10.1. The standard InChI is InChI=1S/C13H14N2O3/c1-7-8(11-4-14-5-12(16)15-11)2-3-9-10(7)6-18-13(9)17/h2-3,11,14H,4-6H2,1H3,(H,15,16). The summed E-state index contributed by atoms with van der Waals surface area (Å²) in [4.78, 5) is 22.8. The molecule has 5 heteroatoms. The van der Waals surface area contributed by atoms with Gasteiger partial charge in [-0.2, -0.15) is 0 Å². The second-order valence-electron chi connectivity index (χ2n) is 4.63. The van der Waals surface area contributed by atoms with Gasteiger partial charge in [0.05, 0.1) is 18.2 Å². The molecule has 1 unspecified atom stereocenters. The molecule has 1 fully saturated rings. The van der Waals surface area contributed by atoms with E-state index in [0.717, 1.165) is 16.7 Å². The molecule has 0 bridgehead atoms. The van der Waals surface area contributed by atoms with Gasteiger partial charge < -0.3 is 15.4 Å². The average Bonchev–Trinajstić information content (AvgIpc) is 2.73. The van der Waals surface area contributed by atoms with E-state index in [4.69, 9.17) is 4.74 Å². The Morgan fingerprint density at radius 3 is 2.94 bits per heavy atom. The minimum absolute atomic E-state index is 0.00141. The van der Waals surface area contributed by atoms with Crippen molar-refractivity contribution in [2.24, 2.45) is 0 Å². The molecule has 1 aromatic carbocycles. The van der Waals surface area contributed by atoms with Gasteiger partial charge in [0, 0.05) is 12.1 Å². The second-order valence-corrected chi connectivity index (χ2v) is 4.63. The number of esters is 1. The van der Waals surface area contributed by atoms with E-state index in [-0.39, 0.29) is 17.9 Å². The Bertz CT molecular complexity index is 539. The number of ether oxygens (including phenoxy) is 1. The zero-order valence-electron chi connectivity index (χ0n) is 10.1. The molecule has 0 aromatic heterocycles. The third-order valence-corrected chi connectivity index (χ3v) is 3.55. The minimum Gasteiger partial charge on any atom is -0.457 e. The molecule has 3 rings (SSSR count). The second kappa shape index (κ2) is 4.10. The lowest BCUT2D eigenvalue weighted by atomic mass is 9.93. The van der Waals surface area contributed by atoms with Crippen LogP contribution < -0.4 is 10.6 Å². The molecule has 0 spiro atoms. The Kier molecular flexibility index (Phi) is 2.56. The molecule has 2 aliphatic rings. The largest absolute Gasteiger partial charge is 0.457 e. The lowest BCUT2D eigenvalue weighted by Crippen LogP contribution is -2.47. The van der Waals surface area contributed by atoms with E-state index in [9.17, 15) is 9.59 Å². The third kappa shape index (κ3) is 1.67. The van der Waals surface area contributed by atoms with Gasteiger partial charge in [-0.15, -0.1) is 0 Å². The average molecular weight is 246 g/mol. The van der Waals surface area contributed by atoms with Crippen molar-refractivity contribution in [3.8, 4) is 0 Å². The maximum Gasteiger partial charge on any atom is 0.338 e. The van der Waals surface area contributed by atoms with Crippen molar-refractivity contribution in [2.75, 3.05) is 13.1 Å². The van der Waals surface area contributed by atoms with Crippen molar-refractivity contribution >= 4 is 11.9 Å². The van der Waals surface area contributed by atoms with E-state index < -0.39 is 0 Å². The van der Waals surface area contributed by atoms with Crippen LogP contribution in [0.5, 0.6) is 0 Å². The molecular formula is C13H14N2O3. The molecule has 94 valence electrons. The van der Waals surface area contributed by atoms with Crippen LogP contribution in [0.2, 0.25) is 0 Å². The summed E-state index contributed by atoms with van der Waals surface area (Å²) in [5.74, 6) is -0.260. The van der Waals surface area contributed by atoms with Gasteiger partial charge in [-0.1, -0.05) is 6.07 Å². The van der Waals surface area contributed by atoms with Crippen LogP contribution in [0.1, 0.15) is 33.1 Å². The molecule has 1 amide bonds. The molecule has 2 N–H and O–H groups in total. The van der Waals surface area contributed by atoms with Crippen LogP contribution in [-0.2, 0) is 16.1 Å². The highest BCUT2D eigenvalue weighted by Crippen LogP contribution is 2.29. The number of hydrogen-bond donors (Lipinski definition) is 2. The molecule has 2 aliphatic heterocycles. The number of fused-ring (bicyclic) bond motifs is 1. The highest BCUT2D eigenvalue weighted by molar-refractivity contribution is 5.94. The molecule has 1 atom stereocenters. The summed E-state index contributed by atoms with van der Waals surface area (Å²) < 4.78 is 5.03. The van der Waals surface area contributed by atoms with Crippen molar-refractivity contribution in [3.05, 3.63) is 34.4 Å². The van der Waals surface area contributed by atoms with E-state index in [0.29, 0.717) is 25.3 Å². The van der Waals surface area contributed by atoms with Crippen molar-refractivity contribution in [2.45, 2.75) is 19.6 Å². The molecule has 0 aliphatic carbocycles. The van der Waals surface area contributed by atoms with Gasteiger partial charge in [-0.05, 0) is 24.1 Å². The highest BCUT2D eigenvalue weighted by Gasteiger charge is 2.27. The Labute approximate surface area is 105 Å². The van der Waals surface area contributed by atoms with Crippen LogP contribution in [0, 0.1) is 6.92 Å². The topological polar surface area (TPSA) is 67.4 Å². The normalized spacial score (nSPS) is 22.4. The van der Waals surface area contributed by atoms with Gasteiger partial charge in [0.25, 0.3) is 0 Å². The Morgan fingerprint density at radius 1 is 1.33 bits per heavy atom. The van der Waals surface area contributed by atoms with Crippen LogP contribution in [-0.4, -0.2) is 25.0 Å². The fourth-order valence-electron chi connectivity index (χ4n) is 2.56. The quantitative estimate of drug-likeness (QED) is 0.705. The molecule has 0 radical (unpaired) electrons. The summed E-state index contributed by atoms with van der Waals surface area (Å²) in [5.41, 5.74) is 3.67. The van der Waals surface area contributed by atoms with E-state index in [1.807, 2.05) is 13.0 Å². The van der Waals surface area contributed by atoms with Crippen LogP contribution in [0.4, 0.5) is 0 Å². The first-order valence-electron chi connectivity index (χ1n) is 5.96. The van der Waals surface area contributed by atoms with E-state index in [1.165, 1.54) is 0 Å². The number of amides is 1. The predicted molar refractivity (Wildman–Crippen MR) is 64.1 cm³/mol. The Balaban J connectivity index is 1.98. The van der Waals surface area contributed by atoms with E-state index >= 15 is 0 Å². The molecule has 2 heterocycles. The van der Waals surface area contributed by atoms with Crippen LogP contribution >= 0.6 is 0 Å². The third-order valence-electron chi connectivity index (χ3n) is 3.55. The SMILES string of the molecule is Cc1c(C2CNCC(=O)N2)ccc2c1COC2=O. The van der Waals surface area contributed by atoms with Crippen LogP contribution in [0.3, 0.4) is 0 Å². The number of cyclic esters (lactones) is 1. The van der Waals surface area contributed by atoms with Crippen molar-refractivity contribution in [1.82, 2.24) is 10.6 Å². The lowest BCUT2D eigenvalue weighted by Gasteiger charge is -2.26. The van der Waals surface area contributed by atoms with Crippen molar-refractivity contribution < 1.29 is 14.3 Å². The first-order chi connectivity index (χ1) is 8.66. The summed E-state index contributed by atoms with van der Waals surface area (Å²) >= 11 is 0. The summed E-state index contributed by atoms with van der Waals surface area (Å²) in [5, 5.41) is 6.03. The number of carbonyl (C=O) groups excluding carboxylic acids is 2. The fourth-order valence-corrected chi connectivity index (χ4v) is 2.56. The summed E-state index contributed by atoms with van der Waals surface area (Å²) in [6, 6.07) is 3.65. The van der Waals surface area contributed by atoms with Crippen LogP contribution in [0.25, 0.3) is 0 Å². The maximum absolute atomic E-state index is 11.5. The summed E-state index contributed by atoms with van der Waals surface area (Å²) in [6.45, 7) is 3.38. The number of carbonyl (C=O) groups is 2. The molecule has 5 nitrogen and oxygen atoms in total. The van der Waals surface area contributed by atoms with E-state index in [1.54, 1.807) is 6.07 Å². The number of benzene rings is 1. The van der Waals surface area contributed by atoms with Gasteiger partial charge in [0.1, 0.15) is 6.61 Å². The minimum atomic E-state index is -0.259. The van der Waals surface area contributed by atoms with Gasteiger partial charge >= 0.3 is 5.97 Å². The summed E-state index contributed by atoms with van der Waals surface area (Å²) in [7, 11) is 0. The highest BCUT2D eigenvalue weighted by atomic mass is 16.5. The fraction of sp³-hybridized carbons (Fsp3) is 0.385. The zero-order chi connectivity index (χ0) is 12.7. The molecule has 1 saturated heterocycles.